The molecule has 2 aliphatic heterocycles. The number of carbonyl (C=O) groups excluding carboxylic acids is 1. The maximum Gasteiger partial charge on any atom is 0.266 e. The Morgan fingerprint density at radius 3 is 2.61 bits per heavy atom. The third-order valence-electron chi connectivity index (χ3n) is 5.82. The van der Waals surface area contributed by atoms with Crippen LogP contribution in [-0.4, -0.2) is 31.7 Å². The Labute approximate surface area is 215 Å². The number of para-hydroxylation sites is 1. The molecule has 3 aromatic carbocycles. The second kappa shape index (κ2) is 9.25. The molecule has 36 heavy (non-hydrogen) atoms. The molecule has 3 heterocycles. The van der Waals surface area contributed by atoms with Crippen LogP contribution in [0.25, 0.3) is 23.0 Å². The number of hydrogen-bond acceptors (Lipinski definition) is 6. The van der Waals surface area contributed by atoms with Crippen LogP contribution in [0.3, 0.4) is 0 Å². The fourth-order valence-electron chi connectivity index (χ4n) is 4.02. The van der Waals surface area contributed by atoms with Gasteiger partial charge in [-0.15, -0.1) is 0 Å². The Hall–Kier alpha value is -3.95. The highest BCUT2D eigenvalue weighted by Crippen LogP contribution is 2.39. The van der Waals surface area contributed by atoms with E-state index < -0.39 is 0 Å². The second-order valence-corrected chi connectivity index (χ2v) is 9.85. The molecule has 0 radical (unpaired) electrons. The Morgan fingerprint density at radius 2 is 1.81 bits per heavy atom. The summed E-state index contributed by atoms with van der Waals surface area (Å²) in [6, 6.07) is 21.5. The smallest absolute Gasteiger partial charge is 0.266 e. The number of aromatic nitrogens is 2. The third kappa shape index (κ3) is 4.27. The summed E-state index contributed by atoms with van der Waals surface area (Å²) in [5, 5.41) is 4.83. The van der Waals surface area contributed by atoms with Crippen molar-refractivity contribution >= 4 is 40.3 Å². The molecule has 0 spiro atoms. The lowest BCUT2D eigenvalue weighted by Crippen LogP contribution is -2.27. The zero-order chi connectivity index (χ0) is 24.6. The van der Waals surface area contributed by atoms with Gasteiger partial charge in [0.25, 0.3) is 5.91 Å². The SMILES string of the molecule is O=C1/C(=C/c2cn(-c3ccccc3)nc2-c2ccc3c(c2)OCO3)SC(=S)N1Cc1ccc(F)cc1. The van der Waals surface area contributed by atoms with Gasteiger partial charge in [-0.05, 0) is 54.1 Å². The summed E-state index contributed by atoms with van der Waals surface area (Å²) in [4.78, 5) is 15.3. The molecule has 1 amide bonds. The molecular formula is C27H18FN3O3S2. The van der Waals surface area contributed by atoms with Gasteiger partial charge in [-0.25, -0.2) is 9.07 Å². The molecule has 1 fully saturated rings. The van der Waals surface area contributed by atoms with Gasteiger partial charge in [0.15, 0.2) is 11.5 Å². The van der Waals surface area contributed by atoms with Gasteiger partial charge in [0.2, 0.25) is 6.79 Å². The number of fused-ring (bicyclic) bond motifs is 1. The van der Waals surface area contributed by atoms with Gasteiger partial charge in [0, 0.05) is 17.3 Å². The van der Waals surface area contributed by atoms with E-state index in [4.69, 9.17) is 26.8 Å². The molecule has 0 bridgehead atoms. The first kappa shape index (κ1) is 22.5. The van der Waals surface area contributed by atoms with Crippen molar-refractivity contribution in [3.8, 4) is 28.4 Å². The first-order valence-electron chi connectivity index (χ1n) is 11.1. The highest BCUT2D eigenvalue weighted by atomic mass is 32.2. The summed E-state index contributed by atoms with van der Waals surface area (Å²) in [5.74, 6) is 0.816. The fraction of sp³-hybridized carbons (Fsp3) is 0.0741. The molecule has 9 heteroatoms. The summed E-state index contributed by atoms with van der Waals surface area (Å²) in [6.07, 6.45) is 3.71. The standard InChI is InChI=1S/C27H18FN3O3S2/c28-20-9-6-17(7-10-20)14-30-26(32)24(36-27(30)35)13-19-15-31(21-4-2-1-3-5-21)29-25(19)18-8-11-22-23(12-18)34-16-33-22/h1-13,15H,14,16H2/b24-13-. The fourth-order valence-corrected chi connectivity index (χ4v) is 5.27. The summed E-state index contributed by atoms with van der Waals surface area (Å²) in [5.41, 5.74) is 3.98. The van der Waals surface area contributed by atoms with Crippen molar-refractivity contribution < 1.29 is 18.7 Å². The van der Waals surface area contributed by atoms with Crippen LogP contribution in [-0.2, 0) is 11.3 Å². The molecule has 0 N–H and O–H groups in total. The van der Waals surface area contributed by atoms with E-state index in [0.29, 0.717) is 26.4 Å². The number of thioether (sulfide) groups is 1. The molecule has 2 aliphatic rings. The molecule has 6 nitrogen and oxygen atoms in total. The van der Waals surface area contributed by atoms with Crippen molar-refractivity contribution in [2.75, 3.05) is 6.79 Å². The molecule has 4 aromatic rings. The van der Waals surface area contributed by atoms with Crippen LogP contribution in [0.1, 0.15) is 11.1 Å². The molecule has 0 unspecified atom stereocenters. The monoisotopic (exact) mass is 515 g/mol. The van der Waals surface area contributed by atoms with Crippen molar-refractivity contribution in [1.82, 2.24) is 14.7 Å². The number of nitrogens with zero attached hydrogens (tertiary/aromatic N) is 3. The van der Waals surface area contributed by atoms with Crippen molar-refractivity contribution in [2.45, 2.75) is 6.54 Å². The molecule has 6 rings (SSSR count). The molecular weight excluding hydrogens is 497 g/mol. The molecule has 1 aromatic heterocycles. The minimum Gasteiger partial charge on any atom is -0.454 e. The Balaban J connectivity index is 1.37. The van der Waals surface area contributed by atoms with Crippen LogP contribution in [0.2, 0.25) is 0 Å². The number of thiocarbonyl (C=S) groups is 1. The van der Waals surface area contributed by atoms with Gasteiger partial charge >= 0.3 is 0 Å². The first-order chi connectivity index (χ1) is 17.5. The summed E-state index contributed by atoms with van der Waals surface area (Å²) >= 11 is 6.74. The van der Waals surface area contributed by atoms with Gasteiger partial charge < -0.3 is 9.47 Å². The lowest BCUT2D eigenvalue weighted by Gasteiger charge is -2.14. The first-order valence-corrected chi connectivity index (χ1v) is 12.3. The largest absolute Gasteiger partial charge is 0.454 e. The average molecular weight is 516 g/mol. The summed E-state index contributed by atoms with van der Waals surface area (Å²) < 4.78 is 26.5. The van der Waals surface area contributed by atoms with E-state index in [2.05, 4.69) is 0 Å². The molecule has 0 atom stereocenters. The number of hydrogen-bond donors (Lipinski definition) is 0. The number of benzene rings is 3. The van der Waals surface area contributed by atoms with Crippen LogP contribution in [0, 0.1) is 5.82 Å². The Morgan fingerprint density at radius 1 is 1.03 bits per heavy atom. The van der Waals surface area contributed by atoms with E-state index in [1.807, 2.05) is 60.8 Å². The quantitative estimate of drug-likeness (QED) is 0.247. The van der Waals surface area contributed by atoms with Crippen molar-refractivity contribution in [3.63, 3.8) is 0 Å². The van der Waals surface area contributed by atoms with Gasteiger partial charge in [-0.3, -0.25) is 9.69 Å². The van der Waals surface area contributed by atoms with E-state index in [0.717, 1.165) is 22.4 Å². The van der Waals surface area contributed by atoms with E-state index in [9.17, 15) is 9.18 Å². The van der Waals surface area contributed by atoms with Crippen LogP contribution in [0.15, 0.2) is 83.9 Å². The number of amides is 1. The van der Waals surface area contributed by atoms with Crippen LogP contribution in [0.4, 0.5) is 4.39 Å². The van der Waals surface area contributed by atoms with Crippen molar-refractivity contribution in [2.24, 2.45) is 0 Å². The van der Waals surface area contributed by atoms with Gasteiger partial charge in [-0.1, -0.05) is 54.3 Å². The van der Waals surface area contributed by atoms with Gasteiger partial charge in [0.1, 0.15) is 15.8 Å². The zero-order valence-corrected chi connectivity index (χ0v) is 20.4. The number of ether oxygens (including phenoxy) is 2. The third-order valence-corrected chi connectivity index (χ3v) is 7.20. The van der Waals surface area contributed by atoms with Crippen molar-refractivity contribution in [1.29, 1.82) is 0 Å². The molecule has 0 saturated carbocycles. The van der Waals surface area contributed by atoms with Crippen LogP contribution < -0.4 is 9.47 Å². The lowest BCUT2D eigenvalue weighted by atomic mass is 10.1. The maximum atomic E-state index is 13.3. The molecule has 1 saturated heterocycles. The van der Waals surface area contributed by atoms with E-state index >= 15 is 0 Å². The minimum atomic E-state index is -0.324. The Kier molecular flexibility index (Phi) is 5.79. The number of halogens is 1. The van der Waals surface area contributed by atoms with Gasteiger partial charge in [0.05, 0.1) is 17.1 Å². The van der Waals surface area contributed by atoms with E-state index in [-0.39, 0.29) is 25.1 Å². The average Bonchev–Trinajstić information content (AvgIpc) is 3.60. The molecule has 0 aliphatic carbocycles. The summed E-state index contributed by atoms with van der Waals surface area (Å²) in [6.45, 7) is 0.460. The van der Waals surface area contributed by atoms with E-state index in [1.54, 1.807) is 16.8 Å². The predicted molar refractivity (Wildman–Crippen MR) is 140 cm³/mol. The minimum absolute atomic E-state index is 0.181. The lowest BCUT2D eigenvalue weighted by molar-refractivity contribution is -0.122. The number of carbonyl (C=O) groups is 1. The van der Waals surface area contributed by atoms with Crippen LogP contribution in [0.5, 0.6) is 11.5 Å². The maximum absolute atomic E-state index is 13.3. The molecule has 178 valence electrons. The highest BCUT2D eigenvalue weighted by Gasteiger charge is 2.32. The van der Waals surface area contributed by atoms with Crippen molar-refractivity contribution in [3.05, 3.63) is 101 Å². The second-order valence-electron chi connectivity index (χ2n) is 8.18. The number of rotatable bonds is 5. The Bertz CT molecular complexity index is 1520. The zero-order valence-electron chi connectivity index (χ0n) is 18.8. The highest BCUT2D eigenvalue weighted by molar-refractivity contribution is 8.26. The normalized spacial score (nSPS) is 15.8. The summed E-state index contributed by atoms with van der Waals surface area (Å²) in [7, 11) is 0. The van der Waals surface area contributed by atoms with Crippen LogP contribution >= 0.6 is 24.0 Å². The predicted octanol–water partition coefficient (Wildman–Crippen LogP) is 5.81. The van der Waals surface area contributed by atoms with Gasteiger partial charge in [-0.2, -0.15) is 5.10 Å². The topological polar surface area (TPSA) is 56.6 Å². The van der Waals surface area contributed by atoms with E-state index in [1.165, 1.54) is 28.8 Å².